The van der Waals surface area contributed by atoms with Crippen LogP contribution in [0.15, 0.2) is 23.1 Å². The fourth-order valence-corrected chi connectivity index (χ4v) is 3.16. The van der Waals surface area contributed by atoms with E-state index in [1.807, 2.05) is 0 Å². The Morgan fingerprint density at radius 3 is 2.65 bits per heavy atom. The molecule has 1 atom stereocenters. The second kappa shape index (κ2) is 7.31. The van der Waals surface area contributed by atoms with Gasteiger partial charge in [0.1, 0.15) is 0 Å². The fraction of sp³-hybridized carbons (Fsp3) is 0.500. The van der Waals surface area contributed by atoms with Gasteiger partial charge < -0.3 is 5.32 Å². The van der Waals surface area contributed by atoms with Crippen molar-refractivity contribution in [1.29, 1.82) is 0 Å². The van der Waals surface area contributed by atoms with Crippen molar-refractivity contribution in [1.82, 2.24) is 10.0 Å². The van der Waals surface area contributed by atoms with Gasteiger partial charge in [-0.2, -0.15) is 0 Å². The van der Waals surface area contributed by atoms with Crippen molar-refractivity contribution in [2.75, 3.05) is 13.1 Å². The Bertz CT molecular complexity index is 548. The van der Waals surface area contributed by atoms with Crippen LogP contribution in [-0.4, -0.2) is 27.5 Å². The fourth-order valence-electron chi connectivity index (χ4n) is 2.10. The average molecular weight is 327 g/mol. The van der Waals surface area contributed by atoms with E-state index in [0.717, 1.165) is 31.5 Å². The highest BCUT2D eigenvalue weighted by molar-refractivity contribution is 7.89. The third-order valence-electron chi connectivity index (χ3n) is 3.15. The maximum absolute atomic E-state index is 13.0. The van der Waals surface area contributed by atoms with Gasteiger partial charge in [-0.1, -0.05) is 0 Å². The van der Waals surface area contributed by atoms with Crippen molar-refractivity contribution < 1.29 is 17.2 Å². The van der Waals surface area contributed by atoms with E-state index in [0.29, 0.717) is 18.5 Å². The first-order chi connectivity index (χ1) is 8.99. The summed E-state index contributed by atoms with van der Waals surface area (Å²) in [5.74, 6) is -2.23. The van der Waals surface area contributed by atoms with Crippen LogP contribution in [0.2, 0.25) is 0 Å². The lowest BCUT2D eigenvalue weighted by Gasteiger charge is -2.11. The molecule has 2 N–H and O–H groups in total. The van der Waals surface area contributed by atoms with E-state index >= 15 is 0 Å². The van der Waals surface area contributed by atoms with E-state index in [1.54, 1.807) is 0 Å². The van der Waals surface area contributed by atoms with Gasteiger partial charge in [-0.25, -0.2) is 21.9 Å². The molecule has 0 aromatic heterocycles. The smallest absolute Gasteiger partial charge is 0.240 e. The Morgan fingerprint density at radius 1 is 1.30 bits per heavy atom. The molecule has 4 nitrogen and oxygen atoms in total. The largest absolute Gasteiger partial charge is 0.314 e. The Morgan fingerprint density at radius 2 is 2.05 bits per heavy atom. The second-order valence-electron chi connectivity index (χ2n) is 4.56. The summed E-state index contributed by atoms with van der Waals surface area (Å²) in [5.41, 5.74) is 0. The molecule has 114 valence electrons. The van der Waals surface area contributed by atoms with Gasteiger partial charge in [0, 0.05) is 12.6 Å². The zero-order chi connectivity index (χ0) is 13.9. The highest BCUT2D eigenvalue weighted by atomic mass is 35.5. The van der Waals surface area contributed by atoms with Crippen LogP contribution >= 0.6 is 12.4 Å². The van der Waals surface area contributed by atoms with Gasteiger partial charge in [-0.3, -0.25) is 0 Å². The Kier molecular flexibility index (Phi) is 6.32. The number of rotatable bonds is 5. The molecule has 20 heavy (non-hydrogen) atoms. The Labute approximate surface area is 123 Å². The molecule has 0 aliphatic carbocycles. The van der Waals surface area contributed by atoms with Crippen LogP contribution in [0.3, 0.4) is 0 Å². The van der Waals surface area contributed by atoms with Crippen LogP contribution in [0.4, 0.5) is 8.78 Å². The van der Waals surface area contributed by atoms with Crippen LogP contribution in [0, 0.1) is 11.6 Å². The molecular formula is C12H17ClF2N2O2S. The molecule has 1 fully saturated rings. The lowest BCUT2D eigenvalue weighted by atomic mass is 10.2. The van der Waals surface area contributed by atoms with Crippen molar-refractivity contribution >= 4 is 22.4 Å². The average Bonchev–Trinajstić information content (AvgIpc) is 2.85. The first-order valence-corrected chi connectivity index (χ1v) is 7.65. The summed E-state index contributed by atoms with van der Waals surface area (Å²) in [6.07, 6.45) is 2.82. The molecule has 1 aromatic rings. The number of halogens is 3. The van der Waals surface area contributed by atoms with Crippen LogP contribution in [0.1, 0.15) is 19.3 Å². The minimum Gasteiger partial charge on any atom is -0.314 e. The topological polar surface area (TPSA) is 58.2 Å². The van der Waals surface area contributed by atoms with E-state index in [4.69, 9.17) is 0 Å². The highest BCUT2D eigenvalue weighted by Crippen LogP contribution is 2.14. The molecule has 0 unspecified atom stereocenters. The summed E-state index contributed by atoms with van der Waals surface area (Å²) in [6.45, 7) is 1.24. The number of nitrogens with one attached hydrogen (secondary N) is 2. The number of benzene rings is 1. The zero-order valence-electron chi connectivity index (χ0n) is 10.7. The maximum Gasteiger partial charge on any atom is 0.240 e. The highest BCUT2D eigenvalue weighted by Gasteiger charge is 2.18. The number of sulfonamides is 1. The molecule has 1 aliphatic rings. The van der Waals surface area contributed by atoms with Crippen LogP contribution < -0.4 is 10.0 Å². The monoisotopic (exact) mass is 326 g/mol. The first kappa shape index (κ1) is 17.3. The number of hydrogen-bond donors (Lipinski definition) is 2. The van der Waals surface area contributed by atoms with E-state index in [1.165, 1.54) is 0 Å². The first-order valence-electron chi connectivity index (χ1n) is 6.17. The minimum atomic E-state index is -3.78. The van der Waals surface area contributed by atoms with Crippen molar-refractivity contribution in [2.45, 2.75) is 30.2 Å². The van der Waals surface area contributed by atoms with Gasteiger partial charge in [0.05, 0.1) is 4.90 Å². The standard InChI is InChI=1S/C12H16F2N2O2S.ClH/c13-11-4-3-10(8-12(11)14)19(17,18)16-7-5-9-2-1-6-15-9;/h3-4,8-9,15-16H,1-2,5-7H2;1H/t9-;/m1./s1. The molecule has 1 heterocycles. The van der Waals surface area contributed by atoms with Crippen LogP contribution in [0.25, 0.3) is 0 Å². The molecule has 0 bridgehead atoms. The van der Waals surface area contributed by atoms with Gasteiger partial charge in [-0.05, 0) is 44.0 Å². The van der Waals surface area contributed by atoms with Crippen molar-refractivity contribution in [3.05, 3.63) is 29.8 Å². The van der Waals surface area contributed by atoms with E-state index < -0.39 is 21.7 Å². The maximum atomic E-state index is 13.0. The molecule has 0 amide bonds. The summed E-state index contributed by atoms with van der Waals surface area (Å²) in [6, 6.07) is 2.87. The van der Waals surface area contributed by atoms with Crippen LogP contribution in [-0.2, 0) is 10.0 Å². The third kappa shape index (κ3) is 4.37. The molecular weight excluding hydrogens is 310 g/mol. The molecule has 0 radical (unpaired) electrons. The quantitative estimate of drug-likeness (QED) is 0.867. The second-order valence-corrected chi connectivity index (χ2v) is 6.32. The molecule has 0 saturated carbocycles. The summed E-state index contributed by atoms with van der Waals surface area (Å²) in [5, 5.41) is 3.25. The molecule has 1 saturated heterocycles. The van der Waals surface area contributed by atoms with Crippen LogP contribution in [0.5, 0.6) is 0 Å². The molecule has 1 aliphatic heterocycles. The van der Waals surface area contributed by atoms with Gasteiger partial charge in [0.2, 0.25) is 10.0 Å². The van der Waals surface area contributed by atoms with Crippen molar-refractivity contribution in [3.63, 3.8) is 0 Å². The molecule has 8 heteroatoms. The van der Waals surface area contributed by atoms with E-state index in [-0.39, 0.29) is 23.8 Å². The minimum absolute atomic E-state index is 0. The lowest BCUT2D eigenvalue weighted by Crippen LogP contribution is -2.30. The predicted molar refractivity (Wildman–Crippen MR) is 74.4 cm³/mol. The predicted octanol–water partition coefficient (Wildman–Crippen LogP) is 1.81. The van der Waals surface area contributed by atoms with Gasteiger partial charge >= 0.3 is 0 Å². The van der Waals surface area contributed by atoms with E-state index in [9.17, 15) is 17.2 Å². The van der Waals surface area contributed by atoms with Gasteiger partial charge in [-0.15, -0.1) is 12.4 Å². The Balaban J connectivity index is 0.00000200. The SMILES string of the molecule is Cl.O=S(=O)(NCC[C@H]1CCCN1)c1ccc(F)c(F)c1. The summed E-state index contributed by atoms with van der Waals surface area (Å²) in [7, 11) is -3.78. The zero-order valence-corrected chi connectivity index (χ0v) is 12.4. The summed E-state index contributed by atoms with van der Waals surface area (Å²) < 4.78 is 51.8. The number of hydrogen-bond acceptors (Lipinski definition) is 3. The summed E-state index contributed by atoms with van der Waals surface area (Å²) in [4.78, 5) is -0.259. The van der Waals surface area contributed by atoms with E-state index in [2.05, 4.69) is 10.0 Å². The third-order valence-corrected chi connectivity index (χ3v) is 4.61. The van der Waals surface area contributed by atoms with Crippen molar-refractivity contribution in [3.8, 4) is 0 Å². The molecule has 2 rings (SSSR count). The van der Waals surface area contributed by atoms with Gasteiger partial charge in [0.25, 0.3) is 0 Å². The molecule has 1 aromatic carbocycles. The normalized spacial score (nSPS) is 18.8. The summed E-state index contributed by atoms with van der Waals surface area (Å²) >= 11 is 0. The van der Waals surface area contributed by atoms with Crippen molar-refractivity contribution in [2.24, 2.45) is 0 Å². The Hall–Kier alpha value is -0.760. The van der Waals surface area contributed by atoms with Gasteiger partial charge in [0.15, 0.2) is 11.6 Å². The lowest BCUT2D eigenvalue weighted by molar-refractivity contribution is 0.503. The molecule has 0 spiro atoms.